The maximum absolute atomic E-state index is 11.8. The monoisotopic (exact) mass is 290 g/mol. The Kier molecular flexibility index (Phi) is 3.76. The van der Waals surface area contributed by atoms with Crippen LogP contribution in [0.3, 0.4) is 0 Å². The number of carbonyl (C=O) groups excluding carboxylic acids is 1. The molecule has 1 amide bonds. The van der Waals surface area contributed by atoms with E-state index in [-0.39, 0.29) is 12.7 Å². The lowest BCUT2D eigenvalue weighted by Gasteiger charge is -2.27. The van der Waals surface area contributed by atoms with E-state index >= 15 is 0 Å². The lowest BCUT2D eigenvalue weighted by Crippen LogP contribution is -2.54. The van der Waals surface area contributed by atoms with Crippen LogP contribution in [0.25, 0.3) is 0 Å². The van der Waals surface area contributed by atoms with Crippen molar-refractivity contribution in [2.24, 2.45) is 11.7 Å². The summed E-state index contributed by atoms with van der Waals surface area (Å²) in [5.41, 5.74) is 6.06. The van der Waals surface area contributed by atoms with Gasteiger partial charge in [0.15, 0.2) is 11.5 Å². The Morgan fingerprint density at radius 1 is 1.38 bits per heavy atom. The summed E-state index contributed by atoms with van der Waals surface area (Å²) in [4.78, 5) is 11.8. The molecule has 0 bridgehead atoms. The number of nitrogens with two attached hydrogens (primary N) is 1. The number of hydrogen-bond acceptors (Lipinski definition) is 4. The normalized spacial score (nSPS) is 19.3. The van der Waals surface area contributed by atoms with Gasteiger partial charge in [-0.25, -0.2) is 0 Å². The van der Waals surface area contributed by atoms with Crippen molar-refractivity contribution in [2.45, 2.75) is 38.1 Å². The Morgan fingerprint density at radius 2 is 2.14 bits per heavy atom. The van der Waals surface area contributed by atoms with Gasteiger partial charge < -0.3 is 20.5 Å². The predicted octanol–water partition coefficient (Wildman–Crippen LogP) is 1.59. The fourth-order valence-electron chi connectivity index (χ4n) is 2.48. The van der Waals surface area contributed by atoms with Crippen molar-refractivity contribution in [3.05, 3.63) is 23.8 Å². The maximum atomic E-state index is 11.8. The van der Waals surface area contributed by atoms with Crippen LogP contribution in [0.1, 0.15) is 31.7 Å². The summed E-state index contributed by atoms with van der Waals surface area (Å²) in [6.07, 6.45) is 3.95. The van der Waals surface area contributed by atoms with E-state index in [1.165, 1.54) is 12.8 Å². The minimum absolute atomic E-state index is 0.279. The Morgan fingerprint density at radius 3 is 2.86 bits per heavy atom. The molecule has 1 fully saturated rings. The van der Waals surface area contributed by atoms with Crippen LogP contribution in [0.5, 0.6) is 11.5 Å². The van der Waals surface area contributed by atoms with E-state index in [4.69, 9.17) is 15.2 Å². The second-order valence-corrected chi connectivity index (χ2v) is 6.21. The van der Waals surface area contributed by atoms with Crippen LogP contribution in [-0.4, -0.2) is 24.8 Å². The Balaban J connectivity index is 1.61. The molecule has 0 saturated heterocycles. The molecular weight excluding hydrogens is 268 g/mol. The molecule has 1 aromatic rings. The van der Waals surface area contributed by atoms with Gasteiger partial charge in [-0.2, -0.15) is 0 Å². The second-order valence-electron chi connectivity index (χ2n) is 6.21. The molecule has 0 spiro atoms. The van der Waals surface area contributed by atoms with Crippen LogP contribution in [0, 0.1) is 5.92 Å². The van der Waals surface area contributed by atoms with Gasteiger partial charge in [-0.05, 0) is 62.8 Å². The first kappa shape index (κ1) is 14.2. The molecule has 3 rings (SSSR count). The largest absolute Gasteiger partial charge is 0.454 e. The summed E-state index contributed by atoms with van der Waals surface area (Å²) in [5.74, 6) is 1.99. The van der Waals surface area contributed by atoms with Gasteiger partial charge in [0.1, 0.15) is 0 Å². The van der Waals surface area contributed by atoms with Crippen molar-refractivity contribution < 1.29 is 14.3 Å². The molecule has 1 aromatic carbocycles. The van der Waals surface area contributed by atoms with Crippen molar-refractivity contribution in [2.75, 3.05) is 13.3 Å². The standard InChI is InChI=1S/C16H22N2O3/c1-16(15(17)19,18-9-12-2-3-12)7-6-11-4-5-13-14(8-11)21-10-20-13/h4-5,8,12,18H,2-3,6-7,9-10H2,1H3,(H2,17,19). The van der Waals surface area contributed by atoms with Crippen LogP contribution in [0.2, 0.25) is 0 Å². The molecule has 114 valence electrons. The van der Waals surface area contributed by atoms with E-state index in [2.05, 4.69) is 5.32 Å². The number of amides is 1. The average Bonchev–Trinajstić information content (AvgIpc) is 3.18. The zero-order valence-corrected chi connectivity index (χ0v) is 12.4. The van der Waals surface area contributed by atoms with E-state index < -0.39 is 5.54 Å². The molecule has 5 heteroatoms. The van der Waals surface area contributed by atoms with Gasteiger partial charge in [0.25, 0.3) is 0 Å². The van der Waals surface area contributed by atoms with Crippen molar-refractivity contribution in [1.82, 2.24) is 5.32 Å². The van der Waals surface area contributed by atoms with E-state index in [1.54, 1.807) is 0 Å². The third-order valence-electron chi connectivity index (χ3n) is 4.37. The van der Waals surface area contributed by atoms with Crippen molar-refractivity contribution in [3.8, 4) is 11.5 Å². The minimum Gasteiger partial charge on any atom is -0.454 e. The third kappa shape index (κ3) is 3.29. The quantitative estimate of drug-likeness (QED) is 0.800. The van der Waals surface area contributed by atoms with Gasteiger partial charge in [0, 0.05) is 0 Å². The van der Waals surface area contributed by atoms with Crippen LogP contribution < -0.4 is 20.5 Å². The summed E-state index contributed by atoms with van der Waals surface area (Å²) in [6, 6.07) is 5.90. The number of benzene rings is 1. The first-order chi connectivity index (χ1) is 10.1. The molecule has 3 N–H and O–H groups in total. The van der Waals surface area contributed by atoms with Crippen molar-refractivity contribution in [3.63, 3.8) is 0 Å². The van der Waals surface area contributed by atoms with E-state index in [9.17, 15) is 4.79 Å². The lowest BCUT2D eigenvalue weighted by molar-refractivity contribution is -0.124. The highest BCUT2D eigenvalue weighted by Crippen LogP contribution is 2.33. The topological polar surface area (TPSA) is 73.6 Å². The summed E-state index contributed by atoms with van der Waals surface area (Å²) in [7, 11) is 0. The van der Waals surface area contributed by atoms with Crippen molar-refractivity contribution >= 4 is 5.91 Å². The number of nitrogens with one attached hydrogen (secondary N) is 1. The summed E-state index contributed by atoms with van der Waals surface area (Å²) in [6.45, 7) is 3.05. The van der Waals surface area contributed by atoms with Crippen LogP contribution in [-0.2, 0) is 11.2 Å². The van der Waals surface area contributed by atoms with Gasteiger partial charge in [0.2, 0.25) is 12.7 Å². The van der Waals surface area contributed by atoms with E-state index in [0.717, 1.165) is 30.0 Å². The van der Waals surface area contributed by atoms with Gasteiger partial charge >= 0.3 is 0 Å². The molecule has 1 atom stereocenters. The summed E-state index contributed by atoms with van der Waals surface area (Å²) < 4.78 is 10.7. The number of ether oxygens (including phenoxy) is 2. The number of aryl methyl sites for hydroxylation is 1. The zero-order valence-electron chi connectivity index (χ0n) is 12.4. The van der Waals surface area contributed by atoms with Crippen LogP contribution >= 0.6 is 0 Å². The minimum atomic E-state index is -0.654. The fraction of sp³-hybridized carbons (Fsp3) is 0.562. The van der Waals surface area contributed by atoms with Gasteiger partial charge in [-0.3, -0.25) is 4.79 Å². The molecular formula is C16H22N2O3. The first-order valence-electron chi connectivity index (χ1n) is 7.50. The smallest absolute Gasteiger partial charge is 0.237 e. The lowest BCUT2D eigenvalue weighted by atomic mass is 9.92. The number of carbonyl (C=O) groups is 1. The molecule has 21 heavy (non-hydrogen) atoms. The van der Waals surface area contributed by atoms with Gasteiger partial charge in [-0.15, -0.1) is 0 Å². The third-order valence-corrected chi connectivity index (χ3v) is 4.37. The number of primary amides is 1. The second kappa shape index (κ2) is 5.56. The molecule has 1 unspecified atom stereocenters. The summed E-state index contributed by atoms with van der Waals surface area (Å²) >= 11 is 0. The van der Waals surface area contributed by atoms with E-state index in [1.807, 2.05) is 25.1 Å². The molecule has 0 radical (unpaired) electrons. The SMILES string of the molecule is CC(CCc1ccc2c(c1)OCO2)(NCC1CC1)C(N)=O. The Hall–Kier alpha value is -1.75. The molecule has 1 saturated carbocycles. The van der Waals surface area contributed by atoms with Crippen LogP contribution in [0.4, 0.5) is 0 Å². The highest BCUT2D eigenvalue weighted by Gasteiger charge is 2.33. The average molecular weight is 290 g/mol. The van der Waals surface area contributed by atoms with E-state index in [0.29, 0.717) is 12.3 Å². The maximum Gasteiger partial charge on any atom is 0.237 e. The molecule has 1 aliphatic carbocycles. The predicted molar refractivity (Wildman–Crippen MR) is 79.2 cm³/mol. The van der Waals surface area contributed by atoms with Crippen molar-refractivity contribution in [1.29, 1.82) is 0 Å². The van der Waals surface area contributed by atoms with Gasteiger partial charge in [0.05, 0.1) is 5.54 Å². The molecule has 2 aliphatic rings. The highest BCUT2D eigenvalue weighted by molar-refractivity contribution is 5.84. The molecule has 1 heterocycles. The Labute approximate surface area is 124 Å². The molecule has 5 nitrogen and oxygen atoms in total. The Bertz CT molecular complexity index is 542. The van der Waals surface area contributed by atoms with Crippen LogP contribution in [0.15, 0.2) is 18.2 Å². The zero-order chi connectivity index (χ0) is 14.9. The number of fused-ring (bicyclic) bond motifs is 1. The molecule has 1 aliphatic heterocycles. The fourth-order valence-corrected chi connectivity index (χ4v) is 2.48. The number of hydrogen-bond donors (Lipinski definition) is 2. The number of rotatable bonds is 7. The first-order valence-corrected chi connectivity index (χ1v) is 7.50. The van der Waals surface area contributed by atoms with Gasteiger partial charge in [-0.1, -0.05) is 6.07 Å². The highest BCUT2D eigenvalue weighted by atomic mass is 16.7. The molecule has 0 aromatic heterocycles. The summed E-state index contributed by atoms with van der Waals surface area (Å²) in [5, 5.41) is 3.35.